The second kappa shape index (κ2) is 6.48. The number of nitrogens with zero attached hydrogens (tertiary/aromatic N) is 2. The molecule has 1 saturated carbocycles. The molecule has 0 amide bonds. The molecule has 0 aliphatic heterocycles. The summed E-state index contributed by atoms with van der Waals surface area (Å²) >= 11 is 0. The monoisotopic (exact) mass is 197 g/mol. The van der Waals surface area contributed by atoms with E-state index in [1.54, 1.807) is 18.5 Å². The van der Waals surface area contributed by atoms with Gasteiger partial charge in [0.25, 0.3) is 0 Å². The van der Waals surface area contributed by atoms with Gasteiger partial charge in [-0.2, -0.15) is 13.5 Å². The third-order valence-electron chi connectivity index (χ3n) is 1.58. The fourth-order valence-corrected chi connectivity index (χ4v) is 0.707. The van der Waals surface area contributed by atoms with Crippen LogP contribution in [0.3, 0.4) is 0 Å². The van der Waals surface area contributed by atoms with Gasteiger partial charge >= 0.3 is 0 Å². The summed E-state index contributed by atoms with van der Waals surface area (Å²) in [6.07, 6.45) is 7.42. The molecule has 0 radical (unpaired) electrons. The maximum Gasteiger partial charge on any atom is 0.115 e. The van der Waals surface area contributed by atoms with Gasteiger partial charge in [0.1, 0.15) is 6.33 Å². The SMILES string of the molecule is C=C(N)C1CC1.S.c1cncnc1. The van der Waals surface area contributed by atoms with Crippen molar-refractivity contribution in [3.05, 3.63) is 37.1 Å². The molecule has 72 valence electrons. The Morgan fingerprint density at radius 1 is 1.31 bits per heavy atom. The zero-order chi connectivity index (χ0) is 8.81. The second-order valence-electron chi connectivity index (χ2n) is 2.75. The van der Waals surface area contributed by atoms with Gasteiger partial charge in [-0.3, -0.25) is 0 Å². The summed E-state index contributed by atoms with van der Waals surface area (Å²) in [6.45, 7) is 3.59. The largest absolute Gasteiger partial charge is 0.402 e. The number of aromatic nitrogens is 2. The molecular weight excluding hydrogens is 182 g/mol. The molecule has 0 aromatic carbocycles. The van der Waals surface area contributed by atoms with E-state index in [-0.39, 0.29) is 13.5 Å². The van der Waals surface area contributed by atoms with Crippen LogP contribution in [0.5, 0.6) is 0 Å². The van der Waals surface area contributed by atoms with Crippen molar-refractivity contribution >= 4 is 13.5 Å². The lowest BCUT2D eigenvalue weighted by Gasteiger charge is -1.85. The van der Waals surface area contributed by atoms with Crippen LogP contribution in [-0.4, -0.2) is 9.97 Å². The van der Waals surface area contributed by atoms with Gasteiger partial charge in [0, 0.05) is 18.1 Å². The van der Waals surface area contributed by atoms with Gasteiger partial charge in [0.15, 0.2) is 0 Å². The third-order valence-corrected chi connectivity index (χ3v) is 1.58. The Labute approximate surface area is 85.5 Å². The van der Waals surface area contributed by atoms with Crippen LogP contribution in [0.15, 0.2) is 37.1 Å². The molecule has 0 saturated heterocycles. The number of hydrogen-bond donors (Lipinski definition) is 1. The van der Waals surface area contributed by atoms with Gasteiger partial charge in [-0.05, 0) is 24.8 Å². The van der Waals surface area contributed by atoms with Crippen molar-refractivity contribution in [1.82, 2.24) is 9.97 Å². The molecule has 2 rings (SSSR count). The lowest BCUT2D eigenvalue weighted by atomic mass is 10.3. The van der Waals surface area contributed by atoms with E-state index in [0.717, 1.165) is 5.70 Å². The van der Waals surface area contributed by atoms with Crippen molar-refractivity contribution in [2.75, 3.05) is 0 Å². The molecule has 0 bridgehead atoms. The van der Waals surface area contributed by atoms with Gasteiger partial charge in [-0.25, -0.2) is 9.97 Å². The summed E-state index contributed by atoms with van der Waals surface area (Å²) in [5.74, 6) is 0.685. The molecule has 1 aliphatic rings. The molecule has 4 heteroatoms. The van der Waals surface area contributed by atoms with Crippen molar-refractivity contribution < 1.29 is 0 Å². The van der Waals surface area contributed by atoms with Crippen LogP contribution in [-0.2, 0) is 0 Å². The van der Waals surface area contributed by atoms with Crippen LogP contribution in [0.4, 0.5) is 0 Å². The van der Waals surface area contributed by atoms with E-state index in [2.05, 4.69) is 16.5 Å². The van der Waals surface area contributed by atoms with Crippen LogP contribution >= 0.6 is 13.5 Å². The first-order valence-electron chi connectivity index (χ1n) is 3.95. The average molecular weight is 197 g/mol. The molecule has 3 nitrogen and oxygen atoms in total. The van der Waals surface area contributed by atoms with E-state index < -0.39 is 0 Å². The van der Waals surface area contributed by atoms with Crippen LogP contribution in [0.2, 0.25) is 0 Å². The minimum Gasteiger partial charge on any atom is -0.402 e. The first-order valence-corrected chi connectivity index (χ1v) is 3.95. The highest BCUT2D eigenvalue weighted by molar-refractivity contribution is 7.59. The van der Waals surface area contributed by atoms with Crippen LogP contribution < -0.4 is 5.73 Å². The van der Waals surface area contributed by atoms with E-state index in [0.29, 0.717) is 5.92 Å². The van der Waals surface area contributed by atoms with E-state index in [9.17, 15) is 0 Å². The van der Waals surface area contributed by atoms with Crippen molar-refractivity contribution in [2.24, 2.45) is 11.7 Å². The number of hydrogen-bond acceptors (Lipinski definition) is 3. The molecule has 1 fully saturated rings. The Morgan fingerprint density at radius 2 is 1.85 bits per heavy atom. The second-order valence-corrected chi connectivity index (χ2v) is 2.75. The van der Waals surface area contributed by atoms with Crippen LogP contribution in [0, 0.1) is 5.92 Å². The molecular formula is C9H15N3S. The molecule has 0 atom stereocenters. The number of allylic oxidation sites excluding steroid dienone is 1. The third kappa shape index (κ3) is 6.16. The molecule has 0 spiro atoms. The van der Waals surface area contributed by atoms with E-state index >= 15 is 0 Å². The molecule has 1 aliphatic carbocycles. The topological polar surface area (TPSA) is 51.8 Å². The standard InChI is InChI=1S/C5H9N.C4H4N2.H2S/c1-4(6)5-2-3-5;1-2-5-4-6-3-1;/h5H,1-3,6H2;1-4H;1H2. The molecule has 13 heavy (non-hydrogen) atoms. The van der Waals surface area contributed by atoms with Gasteiger partial charge in [0.2, 0.25) is 0 Å². The number of rotatable bonds is 1. The molecule has 1 aromatic heterocycles. The Bertz CT molecular complexity index is 207. The van der Waals surface area contributed by atoms with Crippen molar-refractivity contribution in [3.8, 4) is 0 Å². The van der Waals surface area contributed by atoms with Gasteiger partial charge in [0.05, 0.1) is 0 Å². The highest BCUT2D eigenvalue weighted by Crippen LogP contribution is 2.32. The summed E-state index contributed by atoms with van der Waals surface area (Å²) in [5, 5.41) is 0. The lowest BCUT2D eigenvalue weighted by molar-refractivity contribution is 0.989. The maximum atomic E-state index is 5.30. The van der Waals surface area contributed by atoms with Gasteiger partial charge in [-0.15, -0.1) is 0 Å². The van der Waals surface area contributed by atoms with Crippen LogP contribution in [0.25, 0.3) is 0 Å². The van der Waals surface area contributed by atoms with Crippen molar-refractivity contribution in [3.63, 3.8) is 0 Å². The molecule has 1 heterocycles. The maximum absolute atomic E-state index is 5.30. The van der Waals surface area contributed by atoms with E-state index in [1.807, 2.05) is 0 Å². The Balaban J connectivity index is 0.000000206. The lowest BCUT2D eigenvalue weighted by Crippen LogP contribution is -1.94. The van der Waals surface area contributed by atoms with Gasteiger partial charge in [-0.1, -0.05) is 6.58 Å². The molecule has 1 aromatic rings. The zero-order valence-corrected chi connectivity index (χ0v) is 8.48. The number of nitrogens with two attached hydrogens (primary N) is 1. The normalized spacial score (nSPS) is 13.2. The van der Waals surface area contributed by atoms with Crippen molar-refractivity contribution in [2.45, 2.75) is 12.8 Å². The summed E-state index contributed by atoms with van der Waals surface area (Å²) in [6, 6.07) is 1.78. The Morgan fingerprint density at radius 3 is 1.92 bits per heavy atom. The summed E-state index contributed by atoms with van der Waals surface area (Å²) in [4.78, 5) is 7.35. The smallest absolute Gasteiger partial charge is 0.115 e. The van der Waals surface area contributed by atoms with Crippen molar-refractivity contribution in [1.29, 1.82) is 0 Å². The highest BCUT2D eigenvalue weighted by Gasteiger charge is 2.21. The summed E-state index contributed by atoms with van der Waals surface area (Å²) < 4.78 is 0. The quantitative estimate of drug-likeness (QED) is 0.741. The average Bonchev–Trinajstić information content (AvgIpc) is 2.90. The summed E-state index contributed by atoms with van der Waals surface area (Å²) in [5.41, 5.74) is 6.17. The minimum atomic E-state index is 0. The molecule has 2 N–H and O–H groups in total. The van der Waals surface area contributed by atoms with E-state index in [4.69, 9.17) is 5.73 Å². The summed E-state index contributed by atoms with van der Waals surface area (Å²) in [7, 11) is 0. The molecule has 0 unspecified atom stereocenters. The fraction of sp³-hybridized carbons (Fsp3) is 0.333. The predicted molar refractivity (Wildman–Crippen MR) is 58.5 cm³/mol. The first-order chi connectivity index (χ1) is 5.80. The van der Waals surface area contributed by atoms with Gasteiger partial charge < -0.3 is 5.73 Å². The minimum absolute atomic E-state index is 0. The zero-order valence-electron chi connectivity index (χ0n) is 7.48. The van der Waals surface area contributed by atoms with E-state index in [1.165, 1.54) is 19.2 Å². The van der Waals surface area contributed by atoms with Crippen LogP contribution in [0.1, 0.15) is 12.8 Å². The predicted octanol–water partition coefficient (Wildman–Crippen LogP) is 1.46. The fourth-order valence-electron chi connectivity index (χ4n) is 0.707. The first kappa shape index (κ1) is 12.0. The highest BCUT2D eigenvalue weighted by atomic mass is 32.1. The Hall–Kier alpha value is -1.03. The Kier molecular flexibility index (Phi) is 5.97.